The Balaban J connectivity index is 1.87. The second-order valence-corrected chi connectivity index (χ2v) is 7.39. The zero-order valence-electron chi connectivity index (χ0n) is 14.1. The van der Waals surface area contributed by atoms with E-state index in [0.717, 1.165) is 12.1 Å². The lowest BCUT2D eigenvalue weighted by atomic mass is 10.1. The van der Waals surface area contributed by atoms with Crippen molar-refractivity contribution in [3.63, 3.8) is 0 Å². The first-order valence-corrected chi connectivity index (χ1v) is 9.33. The van der Waals surface area contributed by atoms with E-state index in [9.17, 15) is 8.42 Å². The Labute approximate surface area is 144 Å². The van der Waals surface area contributed by atoms with E-state index in [1.165, 1.54) is 18.2 Å². The number of ether oxygens (including phenoxy) is 1. The molecule has 0 heterocycles. The Hall–Kier alpha value is -1.73. The molecule has 0 aliphatic rings. The lowest BCUT2D eigenvalue weighted by Crippen LogP contribution is -2.27. The molecule has 2 rings (SSSR count). The van der Waals surface area contributed by atoms with Crippen LogP contribution in [-0.2, 0) is 27.8 Å². The van der Waals surface area contributed by atoms with Gasteiger partial charge in [0.2, 0.25) is 10.0 Å². The van der Waals surface area contributed by atoms with Crippen molar-refractivity contribution >= 4 is 10.0 Å². The molecule has 24 heavy (non-hydrogen) atoms. The highest BCUT2D eigenvalue weighted by molar-refractivity contribution is 7.89. The summed E-state index contributed by atoms with van der Waals surface area (Å²) in [7, 11) is -1.93. The Morgan fingerprint density at radius 2 is 1.71 bits per heavy atom. The molecule has 2 aromatic carbocycles. The second-order valence-electron chi connectivity index (χ2n) is 5.63. The van der Waals surface area contributed by atoms with Crippen molar-refractivity contribution in [1.29, 1.82) is 0 Å². The standard InChI is InChI=1S/C18H24N2O3S/c1-15-4-3-5-17(12-15)14-19-13-16-6-8-18(9-7-16)24(21,22)20-10-11-23-2/h3-9,12,19-20H,10-11,13-14H2,1-2H3. The molecule has 0 bridgehead atoms. The van der Waals surface area contributed by atoms with E-state index in [1.54, 1.807) is 12.1 Å². The average Bonchev–Trinajstić information content (AvgIpc) is 2.56. The van der Waals surface area contributed by atoms with Crippen LogP contribution in [0.4, 0.5) is 0 Å². The minimum absolute atomic E-state index is 0.263. The van der Waals surface area contributed by atoms with E-state index in [0.29, 0.717) is 13.2 Å². The van der Waals surface area contributed by atoms with Gasteiger partial charge >= 0.3 is 0 Å². The van der Waals surface area contributed by atoms with Gasteiger partial charge in [0.15, 0.2) is 0 Å². The predicted molar refractivity (Wildman–Crippen MR) is 95.2 cm³/mol. The summed E-state index contributed by atoms with van der Waals surface area (Å²) < 4.78 is 31.5. The van der Waals surface area contributed by atoms with Crippen molar-refractivity contribution in [2.75, 3.05) is 20.3 Å². The number of benzene rings is 2. The van der Waals surface area contributed by atoms with Crippen LogP contribution in [0.3, 0.4) is 0 Å². The van der Waals surface area contributed by atoms with Crippen LogP contribution in [0.25, 0.3) is 0 Å². The summed E-state index contributed by atoms with van der Waals surface area (Å²) in [5.74, 6) is 0. The zero-order chi connectivity index (χ0) is 17.4. The highest BCUT2D eigenvalue weighted by Crippen LogP contribution is 2.11. The number of sulfonamides is 1. The molecule has 0 amide bonds. The summed E-state index contributed by atoms with van der Waals surface area (Å²) in [4.78, 5) is 0.265. The summed E-state index contributed by atoms with van der Waals surface area (Å²) in [6, 6.07) is 15.3. The minimum atomic E-state index is -3.47. The number of aryl methyl sites for hydroxylation is 1. The molecule has 0 unspecified atom stereocenters. The molecule has 2 N–H and O–H groups in total. The third-order valence-electron chi connectivity index (χ3n) is 3.57. The van der Waals surface area contributed by atoms with Crippen LogP contribution in [0.1, 0.15) is 16.7 Å². The monoisotopic (exact) mass is 348 g/mol. The molecule has 2 aromatic rings. The van der Waals surface area contributed by atoms with Crippen molar-refractivity contribution in [2.24, 2.45) is 0 Å². The van der Waals surface area contributed by atoms with Crippen molar-refractivity contribution in [3.05, 3.63) is 65.2 Å². The fourth-order valence-electron chi connectivity index (χ4n) is 2.32. The fraction of sp³-hybridized carbons (Fsp3) is 0.333. The summed E-state index contributed by atoms with van der Waals surface area (Å²) >= 11 is 0. The van der Waals surface area contributed by atoms with E-state index in [2.05, 4.69) is 35.2 Å². The van der Waals surface area contributed by atoms with Gasteiger partial charge in [-0.1, -0.05) is 42.0 Å². The lowest BCUT2D eigenvalue weighted by Gasteiger charge is -2.08. The SMILES string of the molecule is COCCNS(=O)(=O)c1ccc(CNCc2cccc(C)c2)cc1. The molecule has 0 radical (unpaired) electrons. The Morgan fingerprint density at radius 3 is 2.38 bits per heavy atom. The number of rotatable bonds is 9. The van der Waals surface area contributed by atoms with E-state index in [-0.39, 0.29) is 11.4 Å². The normalized spacial score (nSPS) is 11.6. The molecular formula is C18H24N2O3S. The molecule has 0 spiro atoms. The maximum absolute atomic E-state index is 12.1. The third kappa shape index (κ3) is 5.72. The summed E-state index contributed by atoms with van der Waals surface area (Å²) in [5.41, 5.74) is 3.51. The summed E-state index contributed by atoms with van der Waals surface area (Å²) in [5, 5.41) is 3.36. The molecule has 0 fully saturated rings. The molecule has 0 aliphatic carbocycles. The summed E-state index contributed by atoms with van der Waals surface area (Å²) in [6.07, 6.45) is 0. The van der Waals surface area contributed by atoms with Crippen LogP contribution in [0.5, 0.6) is 0 Å². The first-order chi connectivity index (χ1) is 11.5. The largest absolute Gasteiger partial charge is 0.383 e. The Bertz CT molecular complexity index is 743. The van der Waals surface area contributed by atoms with Gasteiger partial charge in [-0.05, 0) is 30.2 Å². The zero-order valence-corrected chi connectivity index (χ0v) is 14.9. The molecule has 130 valence electrons. The van der Waals surface area contributed by atoms with Crippen LogP contribution in [0.15, 0.2) is 53.4 Å². The molecule has 6 heteroatoms. The smallest absolute Gasteiger partial charge is 0.240 e. The van der Waals surface area contributed by atoms with Crippen LogP contribution in [0, 0.1) is 6.92 Å². The van der Waals surface area contributed by atoms with E-state index in [1.807, 2.05) is 18.2 Å². The Kier molecular flexibility index (Phi) is 6.93. The van der Waals surface area contributed by atoms with Crippen LogP contribution in [0.2, 0.25) is 0 Å². The first-order valence-electron chi connectivity index (χ1n) is 7.85. The van der Waals surface area contributed by atoms with Gasteiger partial charge in [0.25, 0.3) is 0 Å². The van der Waals surface area contributed by atoms with Crippen molar-refractivity contribution < 1.29 is 13.2 Å². The van der Waals surface area contributed by atoms with Gasteiger partial charge in [-0.15, -0.1) is 0 Å². The van der Waals surface area contributed by atoms with Gasteiger partial charge in [-0.3, -0.25) is 0 Å². The van der Waals surface area contributed by atoms with Gasteiger partial charge in [-0.25, -0.2) is 13.1 Å². The lowest BCUT2D eigenvalue weighted by molar-refractivity contribution is 0.204. The molecule has 0 aromatic heterocycles. The maximum Gasteiger partial charge on any atom is 0.240 e. The van der Waals surface area contributed by atoms with Crippen molar-refractivity contribution in [3.8, 4) is 0 Å². The second kappa shape index (κ2) is 8.94. The van der Waals surface area contributed by atoms with Gasteiger partial charge in [0, 0.05) is 26.7 Å². The maximum atomic E-state index is 12.1. The highest BCUT2D eigenvalue weighted by Gasteiger charge is 2.12. The topological polar surface area (TPSA) is 67.4 Å². The Morgan fingerprint density at radius 1 is 1.00 bits per heavy atom. The number of hydrogen-bond acceptors (Lipinski definition) is 4. The molecular weight excluding hydrogens is 324 g/mol. The summed E-state index contributed by atoms with van der Waals surface area (Å²) in [6.45, 7) is 4.15. The number of nitrogens with one attached hydrogen (secondary N) is 2. The number of hydrogen-bond donors (Lipinski definition) is 2. The first kappa shape index (κ1) is 18.6. The highest BCUT2D eigenvalue weighted by atomic mass is 32.2. The predicted octanol–water partition coefficient (Wildman–Crippen LogP) is 2.21. The minimum Gasteiger partial charge on any atom is -0.383 e. The molecule has 0 saturated heterocycles. The molecule has 0 aliphatic heterocycles. The van der Waals surface area contributed by atoms with Gasteiger partial charge in [0.1, 0.15) is 0 Å². The molecule has 5 nitrogen and oxygen atoms in total. The quantitative estimate of drug-likeness (QED) is 0.682. The van der Waals surface area contributed by atoms with Crippen LogP contribution >= 0.6 is 0 Å². The van der Waals surface area contributed by atoms with E-state index in [4.69, 9.17) is 4.74 Å². The molecule has 0 atom stereocenters. The van der Waals surface area contributed by atoms with Crippen molar-refractivity contribution in [1.82, 2.24) is 10.0 Å². The van der Waals surface area contributed by atoms with E-state index >= 15 is 0 Å². The van der Waals surface area contributed by atoms with Crippen LogP contribution < -0.4 is 10.0 Å². The van der Waals surface area contributed by atoms with Crippen molar-refractivity contribution in [2.45, 2.75) is 24.9 Å². The van der Waals surface area contributed by atoms with Crippen LogP contribution in [-0.4, -0.2) is 28.7 Å². The average molecular weight is 348 g/mol. The fourth-order valence-corrected chi connectivity index (χ4v) is 3.33. The molecule has 0 saturated carbocycles. The number of methoxy groups -OCH3 is 1. The third-order valence-corrected chi connectivity index (χ3v) is 5.05. The van der Waals surface area contributed by atoms with Gasteiger partial charge < -0.3 is 10.1 Å². The van der Waals surface area contributed by atoms with Gasteiger partial charge in [0.05, 0.1) is 11.5 Å². The van der Waals surface area contributed by atoms with E-state index < -0.39 is 10.0 Å². The van der Waals surface area contributed by atoms with Gasteiger partial charge in [-0.2, -0.15) is 0 Å².